The molecule has 1 amide bonds. The Morgan fingerprint density at radius 1 is 1.03 bits per heavy atom. The van der Waals surface area contributed by atoms with E-state index in [4.69, 9.17) is 0 Å². The van der Waals surface area contributed by atoms with Gasteiger partial charge in [-0.2, -0.15) is 0 Å². The highest BCUT2D eigenvalue weighted by Crippen LogP contribution is 2.34. The minimum absolute atomic E-state index is 0.00803. The summed E-state index contributed by atoms with van der Waals surface area (Å²) in [6.45, 7) is 7.20. The number of nitrogens with zero attached hydrogens (tertiary/aromatic N) is 2. The number of benzene rings is 2. The van der Waals surface area contributed by atoms with Gasteiger partial charge in [-0.3, -0.25) is 14.6 Å². The van der Waals surface area contributed by atoms with Crippen molar-refractivity contribution in [3.05, 3.63) is 100 Å². The molecule has 1 atom stereocenters. The second-order valence-electron chi connectivity index (χ2n) is 8.51. The molecular formula is C27H28N2O2. The van der Waals surface area contributed by atoms with Crippen molar-refractivity contribution in [3.63, 3.8) is 0 Å². The summed E-state index contributed by atoms with van der Waals surface area (Å²) >= 11 is 0. The van der Waals surface area contributed by atoms with Crippen LogP contribution in [-0.2, 0) is 4.79 Å². The van der Waals surface area contributed by atoms with E-state index in [2.05, 4.69) is 48.3 Å². The summed E-state index contributed by atoms with van der Waals surface area (Å²) in [7, 11) is 0. The van der Waals surface area contributed by atoms with E-state index in [0.29, 0.717) is 17.9 Å². The molecule has 0 bridgehead atoms. The molecule has 1 aliphatic heterocycles. The molecule has 1 fully saturated rings. The van der Waals surface area contributed by atoms with Gasteiger partial charge in [-0.15, -0.1) is 0 Å². The van der Waals surface area contributed by atoms with Crippen LogP contribution < -0.4 is 0 Å². The molecule has 4 rings (SSSR count). The summed E-state index contributed by atoms with van der Waals surface area (Å²) in [4.78, 5) is 30.7. The zero-order valence-corrected chi connectivity index (χ0v) is 18.3. The Hall–Kier alpha value is -3.27. The molecule has 1 aliphatic rings. The number of Topliss-reactive ketones (excluding diaryl/α,β-unsaturated/α-hetero) is 1. The van der Waals surface area contributed by atoms with Gasteiger partial charge < -0.3 is 4.90 Å². The normalized spacial score (nSPS) is 14.7. The Morgan fingerprint density at radius 2 is 1.74 bits per heavy atom. The van der Waals surface area contributed by atoms with Crippen molar-refractivity contribution in [2.45, 2.75) is 39.0 Å². The van der Waals surface area contributed by atoms with Gasteiger partial charge in [0.05, 0.1) is 0 Å². The lowest BCUT2D eigenvalue weighted by molar-refractivity contribution is -0.133. The first-order chi connectivity index (χ1) is 14.9. The molecule has 158 valence electrons. The van der Waals surface area contributed by atoms with E-state index in [9.17, 15) is 9.59 Å². The van der Waals surface area contributed by atoms with E-state index >= 15 is 0 Å². The van der Waals surface area contributed by atoms with E-state index in [-0.39, 0.29) is 17.6 Å². The molecule has 0 saturated carbocycles. The average Bonchev–Trinajstić information content (AvgIpc) is 2.72. The summed E-state index contributed by atoms with van der Waals surface area (Å²) in [6, 6.07) is 20.6. The number of amides is 1. The number of carbonyl (C=O) groups is 2. The van der Waals surface area contributed by atoms with E-state index in [1.54, 1.807) is 19.2 Å². The first-order valence-corrected chi connectivity index (χ1v) is 10.8. The lowest BCUT2D eigenvalue weighted by Crippen LogP contribution is -2.47. The van der Waals surface area contributed by atoms with Crippen molar-refractivity contribution >= 4 is 11.7 Å². The first kappa shape index (κ1) is 21.0. The number of aromatic nitrogens is 1. The second kappa shape index (κ2) is 8.84. The molecule has 3 aromatic rings. The van der Waals surface area contributed by atoms with E-state index in [1.807, 2.05) is 30.0 Å². The predicted octanol–water partition coefficient (Wildman–Crippen LogP) is 5.05. The van der Waals surface area contributed by atoms with Gasteiger partial charge in [-0.25, -0.2) is 0 Å². The molecule has 0 N–H and O–H groups in total. The molecule has 0 spiro atoms. The number of ketones is 1. The predicted molar refractivity (Wildman–Crippen MR) is 122 cm³/mol. The molecular weight excluding hydrogens is 384 g/mol. The maximum absolute atomic E-state index is 13.1. The molecule has 4 nitrogen and oxygen atoms in total. The van der Waals surface area contributed by atoms with Crippen LogP contribution in [0.15, 0.2) is 66.9 Å². The minimum Gasteiger partial charge on any atom is -0.342 e. The Balaban J connectivity index is 1.60. The van der Waals surface area contributed by atoms with Crippen LogP contribution in [0.2, 0.25) is 0 Å². The number of hydrogen-bond acceptors (Lipinski definition) is 3. The highest BCUT2D eigenvalue weighted by molar-refractivity contribution is 5.96. The van der Waals surface area contributed by atoms with Crippen LogP contribution in [0.5, 0.6) is 0 Å². The van der Waals surface area contributed by atoms with Crippen molar-refractivity contribution in [1.82, 2.24) is 9.88 Å². The molecule has 2 aromatic carbocycles. The molecule has 1 aromatic heterocycles. The van der Waals surface area contributed by atoms with Crippen LogP contribution in [0, 0.1) is 13.8 Å². The van der Waals surface area contributed by atoms with E-state index < -0.39 is 0 Å². The number of pyridine rings is 1. The fourth-order valence-electron chi connectivity index (χ4n) is 4.35. The van der Waals surface area contributed by atoms with Crippen molar-refractivity contribution in [2.24, 2.45) is 0 Å². The summed E-state index contributed by atoms with van der Waals surface area (Å²) in [6.07, 6.45) is 2.11. The standard InChI is InChI=1S/C27H28N2O2/c1-18-6-4-5-7-25(18)26(15-27(31)23-12-13-28-19(2)14-23)22-10-8-21(9-11-22)24-16-29(17-24)20(3)30/h4-14,24,26H,15-17H2,1-3H3. The number of aryl methyl sites for hydroxylation is 2. The number of likely N-dealkylation sites (tertiary alicyclic amines) is 1. The molecule has 0 radical (unpaired) electrons. The lowest BCUT2D eigenvalue weighted by Gasteiger charge is -2.39. The quantitative estimate of drug-likeness (QED) is 0.533. The van der Waals surface area contributed by atoms with E-state index in [1.165, 1.54) is 16.7 Å². The minimum atomic E-state index is -0.00803. The summed E-state index contributed by atoms with van der Waals surface area (Å²) in [5.41, 5.74) is 6.32. The summed E-state index contributed by atoms with van der Waals surface area (Å²) in [5.74, 6) is 0.652. The fourth-order valence-corrected chi connectivity index (χ4v) is 4.35. The summed E-state index contributed by atoms with van der Waals surface area (Å²) < 4.78 is 0. The maximum Gasteiger partial charge on any atom is 0.219 e. The van der Waals surface area contributed by atoms with Gasteiger partial charge in [-0.1, -0.05) is 48.5 Å². The topological polar surface area (TPSA) is 50.3 Å². The third-order valence-corrected chi connectivity index (χ3v) is 6.31. The molecule has 31 heavy (non-hydrogen) atoms. The third-order valence-electron chi connectivity index (χ3n) is 6.31. The fraction of sp³-hybridized carbons (Fsp3) is 0.296. The van der Waals surface area contributed by atoms with Gasteiger partial charge >= 0.3 is 0 Å². The molecule has 1 unspecified atom stereocenters. The van der Waals surface area contributed by atoms with Crippen molar-refractivity contribution in [2.75, 3.05) is 13.1 Å². The van der Waals surface area contributed by atoms with Crippen LogP contribution in [0.25, 0.3) is 0 Å². The van der Waals surface area contributed by atoms with Crippen molar-refractivity contribution < 1.29 is 9.59 Å². The SMILES string of the molecule is CC(=O)N1CC(c2ccc(C(CC(=O)c3ccnc(C)c3)c3ccccc3C)cc2)C1. The number of hydrogen-bond donors (Lipinski definition) is 0. The van der Waals surface area contributed by atoms with Crippen molar-refractivity contribution in [3.8, 4) is 0 Å². The lowest BCUT2D eigenvalue weighted by atomic mass is 9.82. The molecule has 2 heterocycles. The van der Waals surface area contributed by atoms with Crippen LogP contribution in [0.4, 0.5) is 0 Å². The third kappa shape index (κ3) is 4.58. The first-order valence-electron chi connectivity index (χ1n) is 10.8. The van der Waals surface area contributed by atoms with Crippen LogP contribution >= 0.6 is 0 Å². The molecule has 1 saturated heterocycles. The highest BCUT2D eigenvalue weighted by Gasteiger charge is 2.30. The van der Waals surface area contributed by atoms with Gasteiger partial charge in [0.2, 0.25) is 5.91 Å². The smallest absolute Gasteiger partial charge is 0.219 e. The van der Waals surface area contributed by atoms with Gasteiger partial charge in [0.15, 0.2) is 5.78 Å². The van der Waals surface area contributed by atoms with Crippen LogP contribution in [0.1, 0.15) is 63.5 Å². The second-order valence-corrected chi connectivity index (χ2v) is 8.51. The van der Waals surface area contributed by atoms with E-state index in [0.717, 1.165) is 24.3 Å². The summed E-state index contributed by atoms with van der Waals surface area (Å²) in [5, 5.41) is 0. The van der Waals surface area contributed by atoms with Crippen LogP contribution in [0.3, 0.4) is 0 Å². The largest absolute Gasteiger partial charge is 0.342 e. The monoisotopic (exact) mass is 412 g/mol. The van der Waals surface area contributed by atoms with Gasteiger partial charge in [0.1, 0.15) is 0 Å². The van der Waals surface area contributed by atoms with Gasteiger partial charge in [0, 0.05) is 55.7 Å². The number of rotatable bonds is 6. The molecule has 0 aliphatic carbocycles. The average molecular weight is 413 g/mol. The zero-order chi connectivity index (χ0) is 22.0. The van der Waals surface area contributed by atoms with Gasteiger partial charge in [0.25, 0.3) is 0 Å². The molecule has 4 heteroatoms. The maximum atomic E-state index is 13.1. The Morgan fingerprint density at radius 3 is 2.39 bits per heavy atom. The number of carbonyl (C=O) groups excluding carboxylic acids is 2. The zero-order valence-electron chi connectivity index (χ0n) is 18.3. The highest BCUT2D eigenvalue weighted by atomic mass is 16.2. The Kier molecular flexibility index (Phi) is 5.99. The van der Waals surface area contributed by atoms with Crippen molar-refractivity contribution in [1.29, 1.82) is 0 Å². The van der Waals surface area contributed by atoms with Crippen LogP contribution in [-0.4, -0.2) is 34.7 Å². The Bertz CT molecular complexity index is 1100. The Labute approximate surface area is 183 Å². The van der Waals surface area contributed by atoms with Gasteiger partial charge in [-0.05, 0) is 48.2 Å².